The third-order valence-electron chi connectivity index (χ3n) is 4.46. The first-order valence-corrected chi connectivity index (χ1v) is 7.22. The van der Waals surface area contributed by atoms with Crippen LogP contribution in [0.1, 0.15) is 32.8 Å². The van der Waals surface area contributed by atoms with E-state index in [2.05, 4.69) is 75.6 Å². The number of likely N-dealkylation sites (N-methyl/N-ethyl adjacent to an activating group) is 1. The average molecular weight is 255 g/mol. The Balaban J connectivity index is 2.24. The minimum Gasteiger partial charge on any atom is -0.316 e. The topological polar surface area (TPSA) is 12.0 Å². The van der Waals surface area contributed by atoms with Crippen LogP contribution in [0, 0.1) is 5.41 Å². The van der Waals surface area contributed by atoms with Crippen LogP contribution >= 0.6 is 0 Å². The zero-order valence-corrected chi connectivity index (χ0v) is 12.5. The van der Waals surface area contributed by atoms with Crippen LogP contribution in [0.2, 0.25) is 0 Å². The van der Waals surface area contributed by atoms with Crippen LogP contribution < -0.4 is 5.32 Å². The van der Waals surface area contributed by atoms with Crippen LogP contribution in [-0.2, 0) is 6.42 Å². The fourth-order valence-corrected chi connectivity index (χ4v) is 2.62. The normalized spacial score (nSPS) is 13.7. The van der Waals surface area contributed by atoms with Gasteiger partial charge >= 0.3 is 0 Å². The quantitative estimate of drug-likeness (QED) is 0.834. The lowest BCUT2D eigenvalue weighted by molar-refractivity contribution is 0.240. The molecule has 2 aromatic rings. The van der Waals surface area contributed by atoms with Gasteiger partial charge in [0.25, 0.3) is 0 Å². The Hall–Kier alpha value is -1.34. The average Bonchev–Trinajstić information content (AvgIpc) is 2.44. The van der Waals surface area contributed by atoms with Crippen LogP contribution in [0.25, 0.3) is 10.8 Å². The summed E-state index contributed by atoms with van der Waals surface area (Å²) in [6, 6.07) is 15.9. The molecule has 0 bridgehead atoms. The standard InChI is InChI=1S/C18H25N/c1-5-18(2,3)17(19-4)13-14-10-11-15-8-6-7-9-16(15)12-14/h6-12,17,19H,5,13H2,1-4H3. The molecule has 102 valence electrons. The summed E-state index contributed by atoms with van der Waals surface area (Å²) in [5, 5.41) is 6.15. The van der Waals surface area contributed by atoms with Crippen LogP contribution in [0.15, 0.2) is 42.5 Å². The van der Waals surface area contributed by atoms with Crippen molar-refractivity contribution in [2.75, 3.05) is 7.05 Å². The Kier molecular flexibility index (Phi) is 4.26. The van der Waals surface area contributed by atoms with Crippen molar-refractivity contribution in [1.82, 2.24) is 5.32 Å². The Bertz CT molecular complexity index is 542. The van der Waals surface area contributed by atoms with Gasteiger partial charge in [-0.15, -0.1) is 0 Å². The number of nitrogens with one attached hydrogen (secondary N) is 1. The molecule has 0 aromatic heterocycles. The molecule has 0 aliphatic heterocycles. The van der Waals surface area contributed by atoms with Gasteiger partial charge in [0.05, 0.1) is 0 Å². The molecule has 0 saturated carbocycles. The number of hydrogen-bond acceptors (Lipinski definition) is 1. The van der Waals surface area contributed by atoms with E-state index in [-0.39, 0.29) is 0 Å². The van der Waals surface area contributed by atoms with E-state index in [9.17, 15) is 0 Å². The Morgan fingerprint density at radius 3 is 2.37 bits per heavy atom. The highest BCUT2D eigenvalue weighted by molar-refractivity contribution is 5.82. The molecule has 0 fully saturated rings. The predicted molar refractivity (Wildman–Crippen MR) is 84.6 cm³/mol. The van der Waals surface area contributed by atoms with E-state index in [0.717, 1.165) is 6.42 Å². The second-order valence-corrected chi connectivity index (χ2v) is 6.07. The van der Waals surface area contributed by atoms with Crippen molar-refractivity contribution in [3.05, 3.63) is 48.0 Å². The van der Waals surface area contributed by atoms with E-state index in [0.29, 0.717) is 11.5 Å². The van der Waals surface area contributed by atoms with Crippen molar-refractivity contribution in [1.29, 1.82) is 0 Å². The molecule has 0 heterocycles. The zero-order valence-electron chi connectivity index (χ0n) is 12.5. The van der Waals surface area contributed by atoms with Crippen molar-refractivity contribution >= 4 is 10.8 Å². The van der Waals surface area contributed by atoms with Crippen LogP contribution in [0.5, 0.6) is 0 Å². The summed E-state index contributed by atoms with van der Waals surface area (Å²) >= 11 is 0. The molecule has 2 rings (SSSR count). The number of fused-ring (bicyclic) bond motifs is 1. The maximum absolute atomic E-state index is 3.49. The summed E-state index contributed by atoms with van der Waals surface area (Å²) in [4.78, 5) is 0. The summed E-state index contributed by atoms with van der Waals surface area (Å²) in [5.74, 6) is 0. The monoisotopic (exact) mass is 255 g/mol. The van der Waals surface area contributed by atoms with Crippen molar-refractivity contribution < 1.29 is 0 Å². The van der Waals surface area contributed by atoms with Gasteiger partial charge < -0.3 is 5.32 Å². The molecule has 0 saturated heterocycles. The van der Waals surface area contributed by atoms with Crippen molar-refractivity contribution in [3.8, 4) is 0 Å². The molecule has 2 aromatic carbocycles. The largest absolute Gasteiger partial charge is 0.316 e. The van der Waals surface area contributed by atoms with Gasteiger partial charge in [-0.2, -0.15) is 0 Å². The highest BCUT2D eigenvalue weighted by atomic mass is 14.9. The van der Waals surface area contributed by atoms with E-state index in [1.54, 1.807) is 0 Å². The third kappa shape index (κ3) is 3.16. The number of hydrogen-bond donors (Lipinski definition) is 1. The van der Waals surface area contributed by atoms with E-state index in [4.69, 9.17) is 0 Å². The van der Waals surface area contributed by atoms with Crippen LogP contribution in [-0.4, -0.2) is 13.1 Å². The second-order valence-electron chi connectivity index (χ2n) is 6.07. The Morgan fingerprint density at radius 1 is 1.05 bits per heavy atom. The van der Waals surface area contributed by atoms with Gasteiger partial charge in [0.1, 0.15) is 0 Å². The molecule has 1 unspecified atom stereocenters. The van der Waals surface area contributed by atoms with Gasteiger partial charge in [-0.05, 0) is 41.6 Å². The molecule has 1 N–H and O–H groups in total. The fraction of sp³-hybridized carbons (Fsp3) is 0.444. The molecular weight excluding hydrogens is 230 g/mol. The minimum atomic E-state index is 0.320. The summed E-state index contributed by atoms with van der Waals surface area (Å²) in [7, 11) is 2.07. The van der Waals surface area contributed by atoms with Crippen LogP contribution in [0.4, 0.5) is 0 Å². The Morgan fingerprint density at radius 2 is 1.74 bits per heavy atom. The fourth-order valence-electron chi connectivity index (χ4n) is 2.62. The third-order valence-corrected chi connectivity index (χ3v) is 4.46. The van der Waals surface area contributed by atoms with Crippen molar-refractivity contribution in [2.45, 2.75) is 39.7 Å². The van der Waals surface area contributed by atoms with Gasteiger partial charge in [-0.3, -0.25) is 0 Å². The number of benzene rings is 2. The molecule has 0 aliphatic carbocycles. The molecule has 0 aliphatic rings. The second kappa shape index (κ2) is 5.75. The van der Waals surface area contributed by atoms with Gasteiger partial charge in [0, 0.05) is 6.04 Å². The number of rotatable bonds is 5. The van der Waals surface area contributed by atoms with Crippen molar-refractivity contribution in [3.63, 3.8) is 0 Å². The van der Waals surface area contributed by atoms with E-state index >= 15 is 0 Å². The molecule has 0 amide bonds. The molecule has 1 atom stereocenters. The summed E-state index contributed by atoms with van der Waals surface area (Å²) in [5.41, 5.74) is 1.74. The highest BCUT2D eigenvalue weighted by Gasteiger charge is 2.26. The molecule has 1 heteroatoms. The highest BCUT2D eigenvalue weighted by Crippen LogP contribution is 2.28. The molecule has 19 heavy (non-hydrogen) atoms. The first-order valence-electron chi connectivity index (χ1n) is 7.22. The van der Waals surface area contributed by atoms with Gasteiger partial charge in [0.15, 0.2) is 0 Å². The lowest BCUT2D eigenvalue weighted by Gasteiger charge is -2.33. The molecule has 0 spiro atoms. The van der Waals surface area contributed by atoms with Gasteiger partial charge in [-0.1, -0.05) is 63.2 Å². The first-order chi connectivity index (χ1) is 9.06. The molecular formula is C18H25N. The maximum atomic E-state index is 3.49. The predicted octanol–water partition coefficient (Wildman–Crippen LogP) is 4.41. The zero-order chi connectivity index (χ0) is 13.9. The molecule has 0 radical (unpaired) electrons. The summed E-state index contributed by atoms with van der Waals surface area (Å²) in [6.07, 6.45) is 2.27. The van der Waals surface area contributed by atoms with E-state index < -0.39 is 0 Å². The summed E-state index contributed by atoms with van der Waals surface area (Å²) < 4.78 is 0. The minimum absolute atomic E-state index is 0.320. The smallest absolute Gasteiger partial charge is 0.0155 e. The van der Waals surface area contributed by atoms with Crippen LogP contribution in [0.3, 0.4) is 0 Å². The lowest BCUT2D eigenvalue weighted by atomic mass is 9.79. The van der Waals surface area contributed by atoms with Crippen molar-refractivity contribution in [2.24, 2.45) is 5.41 Å². The Labute approximate surface area is 117 Å². The first kappa shape index (κ1) is 14.1. The SMILES string of the molecule is CCC(C)(C)C(Cc1ccc2ccccc2c1)NC. The maximum Gasteiger partial charge on any atom is 0.0155 e. The van der Waals surface area contributed by atoms with Gasteiger partial charge in [0.2, 0.25) is 0 Å². The lowest BCUT2D eigenvalue weighted by Crippen LogP contribution is -2.41. The van der Waals surface area contributed by atoms with E-state index in [1.807, 2.05) is 0 Å². The van der Waals surface area contributed by atoms with E-state index in [1.165, 1.54) is 22.8 Å². The molecule has 1 nitrogen and oxygen atoms in total. The summed E-state index contributed by atoms with van der Waals surface area (Å²) in [6.45, 7) is 6.95. The van der Waals surface area contributed by atoms with Gasteiger partial charge in [-0.25, -0.2) is 0 Å².